The molecule has 0 bridgehead atoms. The maximum Gasteiger partial charge on any atom is 0.256 e. The van der Waals surface area contributed by atoms with Crippen molar-refractivity contribution in [1.82, 2.24) is 19.2 Å². The summed E-state index contributed by atoms with van der Waals surface area (Å²) in [6.45, 7) is 0. The number of rotatable bonds is 3. The molecule has 0 atom stereocenters. The predicted octanol–water partition coefficient (Wildman–Crippen LogP) is 2.55. The Morgan fingerprint density at radius 1 is 1.33 bits per heavy atom. The van der Waals surface area contributed by atoms with Gasteiger partial charge in [0, 0.05) is 5.56 Å². The van der Waals surface area contributed by atoms with Gasteiger partial charge < -0.3 is 0 Å². The molecule has 108 valence electrons. The van der Waals surface area contributed by atoms with Crippen molar-refractivity contribution in [2.24, 2.45) is 0 Å². The standard InChI is InChI=1S/C12H9ClN4O2S2/c13-12-15-9-3-4-20-11(9)10(16-12)7-5-14-17(6-7)21(18,19)8-1-2-8/h3-6,8H,1-2H2. The first-order valence-corrected chi connectivity index (χ1v) is 9.02. The molecule has 1 fully saturated rings. The van der Waals surface area contributed by atoms with E-state index in [1.165, 1.54) is 23.7 Å². The van der Waals surface area contributed by atoms with Crippen LogP contribution in [0.5, 0.6) is 0 Å². The number of hydrogen-bond acceptors (Lipinski definition) is 6. The Morgan fingerprint density at radius 3 is 2.90 bits per heavy atom. The van der Waals surface area contributed by atoms with E-state index >= 15 is 0 Å². The van der Waals surface area contributed by atoms with Crippen molar-refractivity contribution < 1.29 is 8.42 Å². The number of thiophene rings is 1. The highest BCUT2D eigenvalue weighted by Gasteiger charge is 2.37. The van der Waals surface area contributed by atoms with Gasteiger partial charge in [0.25, 0.3) is 10.0 Å². The summed E-state index contributed by atoms with van der Waals surface area (Å²) < 4.78 is 26.2. The minimum absolute atomic E-state index is 0.133. The molecule has 21 heavy (non-hydrogen) atoms. The number of fused-ring (bicyclic) bond motifs is 1. The highest BCUT2D eigenvalue weighted by molar-refractivity contribution is 7.90. The van der Waals surface area contributed by atoms with E-state index in [9.17, 15) is 8.42 Å². The molecule has 0 N–H and O–H groups in total. The third-order valence-electron chi connectivity index (χ3n) is 3.32. The zero-order valence-corrected chi connectivity index (χ0v) is 13.0. The molecule has 0 radical (unpaired) electrons. The van der Waals surface area contributed by atoms with E-state index in [0.29, 0.717) is 24.1 Å². The summed E-state index contributed by atoms with van der Waals surface area (Å²) in [5.74, 6) is 0. The summed E-state index contributed by atoms with van der Waals surface area (Å²) in [5.41, 5.74) is 1.97. The van der Waals surface area contributed by atoms with Crippen molar-refractivity contribution in [2.45, 2.75) is 18.1 Å². The Morgan fingerprint density at radius 2 is 2.14 bits per heavy atom. The van der Waals surface area contributed by atoms with E-state index in [-0.39, 0.29) is 10.5 Å². The Kier molecular flexibility index (Phi) is 2.82. The summed E-state index contributed by atoms with van der Waals surface area (Å²) in [4.78, 5) is 8.35. The Balaban J connectivity index is 1.86. The van der Waals surface area contributed by atoms with E-state index in [0.717, 1.165) is 14.3 Å². The van der Waals surface area contributed by atoms with Crippen molar-refractivity contribution in [3.05, 3.63) is 29.1 Å². The Hall–Kier alpha value is -1.51. The van der Waals surface area contributed by atoms with Crippen LogP contribution in [0.2, 0.25) is 5.28 Å². The molecule has 4 rings (SSSR count). The molecule has 1 aliphatic rings. The third kappa shape index (κ3) is 2.14. The highest BCUT2D eigenvalue weighted by Crippen LogP contribution is 2.33. The zero-order valence-electron chi connectivity index (χ0n) is 10.6. The summed E-state index contributed by atoms with van der Waals surface area (Å²) in [6, 6.07) is 1.85. The summed E-state index contributed by atoms with van der Waals surface area (Å²) in [6.07, 6.45) is 4.39. The predicted molar refractivity (Wildman–Crippen MR) is 81.0 cm³/mol. The van der Waals surface area contributed by atoms with Gasteiger partial charge in [-0.05, 0) is 35.9 Å². The van der Waals surface area contributed by atoms with Crippen LogP contribution in [0.15, 0.2) is 23.8 Å². The smallest absolute Gasteiger partial charge is 0.217 e. The van der Waals surface area contributed by atoms with Crippen LogP contribution in [0.4, 0.5) is 0 Å². The summed E-state index contributed by atoms with van der Waals surface area (Å²) >= 11 is 7.41. The molecule has 0 unspecified atom stereocenters. The lowest BCUT2D eigenvalue weighted by molar-refractivity contribution is 0.578. The Labute approximate surface area is 129 Å². The lowest BCUT2D eigenvalue weighted by Crippen LogP contribution is -2.17. The van der Waals surface area contributed by atoms with Crippen LogP contribution in [0.3, 0.4) is 0 Å². The first kappa shape index (κ1) is 13.2. The second-order valence-corrected chi connectivity index (χ2v) is 8.15. The maximum absolute atomic E-state index is 12.2. The van der Waals surface area contributed by atoms with Crippen molar-refractivity contribution in [2.75, 3.05) is 0 Å². The van der Waals surface area contributed by atoms with Gasteiger partial charge >= 0.3 is 0 Å². The van der Waals surface area contributed by atoms with Gasteiger partial charge in [-0.15, -0.1) is 11.3 Å². The topological polar surface area (TPSA) is 77.7 Å². The lowest BCUT2D eigenvalue weighted by Gasteiger charge is -2.01. The highest BCUT2D eigenvalue weighted by atomic mass is 35.5. The van der Waals surface area contributed by atoms with E-state index in [1.807, 2.05) is 11.4 Å². The van der Waals surface area contributed by atoms with Gasteiger partial charge in [0.15, 0.2) is 0 Å². The monoisotopic (exact) mass is 340 g/mol. The minimum atomic E-state index is -3.37. The molecule has 1 saturated carbocycles. The van der Waals surface area contributed by atoms with Crippen LogP contribution in [0.1, 0.15) is 12.8 Å². The molecular weight excluding hydrogens is 332 g/mol. The SMILES string of the molecule is O=S(=O)(C1CC1)n1cc(-c2nc(Cl)nc3ccsc23)cn1. The maximum atomic E-state index is 12.2. The van der Waals surface area contributed by atoms with Gasteiger partial charge in [-0.2, -0.15) is 9.19 Å². The average molecular weight is 341 g/mol. The summed E-state index contributed by atoms with van der Waals surface area (Å²) in [5, 5.41) is 5.70. The third-order valence-corrected chi connectivity index (χ3v) is 6.43. The van der Waals surface area contributed by atoms with Crippen LogP contribution in [-0.4, -0.2) is 32.8 Å². The summed E-state index contributed by atoms with van der Waals surface area (Å²) in [7, 11) is -3.37. The van der Waals surface area contributed by atoms with Gasteiger partial charge in [-0.25, -0.2) is 18.4 Å². The van der Waals surface area contributed by atoms with Gasteiger partial charge in [-0.3, -0.25) is 0 Å². The fraction of sp³-hybridized carbons (Fsp3) is 0.250. The fourth-order valence-corrected chi connectivity index (χ4v) is 4.61. The number of nitrogens with zero attached hydrogens (tertiary/aromatic N) is 4. The van der Waals surface area contributed by atoms with Crippen molar-refractivity contribution >= 4 is 43.2 Å². The van der Waals surface area contributed by atoms with Crippen LogP contribution in [0.25, 0.3) is 21.5 Å². The molecule has 9 heteroatoms. The second kappa shape index (κ2) is 4.49. The normalized spacial score (nSPS) is 15.7. The first-order chi connectivity index (χ1) is 10.1. The molecule has 0 aliphatic heterocycles. The van der Waals surface area contributed by atoms with Gasteiger partial charge in [0.05, 0.1) is 33.6 Å². The second-order valence-electron chi connectivity index (χ2n) is 4.82. The molecule has 3 aromatic heterocycles. The number of halogens is 1. The van der Waals surface area contributed by atoms with Crippen molar-refractivity contribution in [3.63, 3.8) is 0 Å². The van der Waals surface area contributed by atoms with E-state index in [1.54, 1.807) is 0 Å². The lowest BCUT2D eigenvalue weighted by atomic mass is 10.2. The molecule has 3 aromatic rings. The largest absolute Gasteiger partial charge is 0.256 e. The van der Waals surface area contributed by atoms with Crippen molar-refractivity contribution in [1.29, 1.82) is 0 Å². The molecular formula is C12H9ClN4O2S2. The van der Waals surface area contributed by atoms with Gasteiger partial charge in [0.1, 0.15) is 0 Å². The minimum Gasteiger partial charge on any atom is -0.217 e. The number of hydrogen-bond donors (Lipinski definition) is 0. The van der Waals surface area contributed by atoms with Crippen LogP contribution in [0, 0.1) is 0 Å². The van der Waals surface area contributed by atoms with Crippen LogP contribution in [-0.2, 0) is 10.0 Å². The molecule has 1 aliphatic carbocycles. The Bertz CT molecular complexity index is 943. The first-order valence-electron chi connectivity index (χ1n) is 6.26. The quantitative estimate of drug-likeness (QED) is 0.685. The molecule has 3 heterocycles. The molecule has 6 nitrogen and oxygen atoms in total. The molecule has 0 spiro atoms. The van der Waals surface area contributed by atoms with Crippen molar-refractivity contribution in [3.8, 4) is 11.3 Å². The van der Waals surface area contributed by atoms with E-state index in [2.05, 4.69) is 15.1 Å². The van der Waals surface area contributed by atoms with E-state index in [4.69, 9.17) is 11.6 Å². The van der Waals surface area contributed by atoms with Gasteiger partial charge in [0.2, 0.25) is 5.28 Å². The van der Waals surface area contributed by atoms with Crippen LogP contribution < -0.4 is 0 Å². The van der Waals surface area contributed by atoms with E-state index < -0.39 is 10.0 Å². The molecule has 0 saturated heterocycles. The fourth-order valence-electron chi connectivity index (χ4n) is 2.12. The van der Waals surface area contributed by atoms with Crippen LogP contribution >= 0.6 is 22.9 Å². The van der Waals surface area contributed by atoms with Gasteiger partial charge in [-0.1, -0.05) is 0 Å². The molecule has 0 aromatic carbocycles. The average Bonchev–Trinajstić information content (AvgIpc) is 3.00. The zero-order chi connectivity index (χ0) is 14.6. The number of aromatic nitrogens is 4. The molecule has 0 amide bonds.